The molecule has 1 unspecified atom stereocenters. The van der Waals surface area contributed by atoms with E-state index in [1.807, 2.05) is 0 Å². The molecule has 17 heavy (non-hydrogen) atoms. The Morgan fingerprint density at radius 3 is 2.35 bits per heavy atom. The molecule has 0 bridgehead atoms. The summed E-state index contributed by atoms with van der Waals surface area (Å²) in [7, 11) is 2.06. The fraction of sp³-hybridized carbons (Fsp3) is 0.600. The summed E-state index contributed by atoms with van der Waals surface area (Å²) in [4.78, 5) is 2.44. The van der Waals surface area contributed by atoms with Crippen LogP contribution in [0.2, 0.25) is 0 Å². The Kier molecular flexibility index (Phi) is 6.71. The summed E-state index contributed by atoms with van der Waals surface area (Å²) in [5, 5.41) is 3.44. The van der Waals surface area contributed by atoms with E-state index in [-0.39, 0.29) is 0 Å². The first-order valence-corrected chi connectivity index (χ1v) is 6.82. The minimum atomic E-state index is 0.453. The number of nitrogens with one attached hydrogen (secondary N) is 1. The predicted octanol–water partition coefficient (Wildman–Crippen LogP) is 3.64. The second-order valence-electron chi connectivity index (χ2n) is 4.42. The maximum atomic E-state index is 3.44. The van der Waals surface area contributed by atoms with Gasteiger partial charge in [-0.1, -0.05) is 44.4 Å². The Balaban J connectivity index is 2.63. The van der Waals surface area contributed by atoms with Crippen LogP contribution in [0.5, 0.6) is 0 Å². The van der Waals surface area contributed by atoms with Gasteiger partial charge in [0.05, 0.1) is 6.17 Å². The zero-order valence-corrected chi connectivity index (χ0v) is 11.4. The van der Waals surface area contributed by atoms with Crippen molar-refractivity contribution in [3.8, 4) is 0 Å². The van der Waals surface area contributed by atoms with E-state index in [0.717, 1.165) is 6.54 Å². The Bertz CT molecular complexity index is 284. The molecule has 0 radical (unpaired) electrons. The highest BCUT2D eigenvalue weighted by atomic mass is 15.3. The molecule has 0 heterocycles. The first-order valence-electron chi connectivity index (χ1n) is 6.82. The molecule has 0 amide bonds. The maximum Gasteiger partial charge on any atom is 0.0793 e. The molecule has 0 fully saturated rings. The van der Waals surface area contributed by atoms with Crippen LogP contribution in [0.4, 0.5) is 5.69 Å². The van der Waals surface area contributed by atoms with Crippen molar-refractivity contribution in [2.75, 3.05) is 18.5 Å². The van der Waals surface area contributed by atoms with Gasteiger partial charge in [-0.25, -0.2) is 0 Å². The van der Waals surface area contributed by atoms with Gasteiger partial charge in [0.2, 0.25) is 0 Å². The molecule has 96 valence electrons. The van der Waals surface area contributed by atoms with E-state index in [9.17, 15) is 0 Å². The molecule has 1 N–H and O–H groups in total. The average Bonchev–Trinajstić information content (AvgIpc) is 2.39. The molecule has 1 aromatic rings. The zero-order chi connectivity index (χ0) is 12.5. The Morgan fingerprint density at radius 2 is 1.82 bits per heavy atom. The number of unbranched alkanes of at least 4 members (excludes halogenated alkanes) is 2. The summed E-state index contributed by atoms with van der Waals surface area (Å²) < 4.78 is 0. The summed E-state index contributed by atoms with van der Waals surface area (Å²) >= 11 is 0. The highest BCUT2D eigenvalue weighted by Gasteiger charge is 2.14. The first-order chi connectivity index (χ1) is 8.33. The van der Waals surface area contributed by atoms with Crippen LogP contribution in [0.25, 0.3) is 0 Å². The fourth-order valence-electron chi connectivity index (χ4n) is 2.25. The molecule has 1 atom stereocenters. The second kappa shape index (κ2) is 8.13. The monoisotopic (exact) mass is 234 g/mol. The standard InChI is InChI=1S/C15H26N2/c1-4-6-8-13-15(16-3)17(5-2)14-11-9-7-10-12-14/h7,9-12,15-16H,4-6,8,13H2,1-3H3. The molecule has 0 aromatic heterocycles. The fourth-order valence-corrected chi connectivity index (χ4v) is 2.25. The molecular formula is C15H26N2. The lowest BCUT2D eigenvalue weighted by Gasteiger charge is -2.32. The lowest BCUT2D eigenvalue weighted by Crippen LogP contribution is -2.44. The summed E-state index contributed by atoms with van der Waals surface area (Å²) in [6.07, 6.45) is 5.57. The van der Waals surface area contributed by atoms with Crippen molar-refractivity contribution in [2.45, 2.75) is 45.7 Å². The van der Waals surface area contributed by atoms with Gasteiger partial charge in [-0.3, -0.25) is 0 Å². The molecule has 0 aliphatic carbocycles. The van der Waals surface area contributed by atoms with Crippen molar-refractivity contribution in [3.63, 3.8) is 0 Å². The molecule has 0 saturated carbocycles. The lowest BCUT2D eigenvalue weighted by atomic mass is 10.1. The van der Waals surface area contributed by atoms with E-state index in [1.165, 1.54) is 31.4 Å². The smallest absolute Gasteiger partial charge is 0.0793 e. The van der Waals surface area contributed by atoms with Gasteiger partial charge in [-0.05, 0) is 32.5 Å². The van der Waals surface area contributed by atoms with E-state index < -0.39 is 0 Å². The molecular weight excluding hydrogens is 208 g/mol. The average molecular weight is 234 g/mol. The Hall–Kier alpha value is -1.02. The van der Waals surface area contributed by atoms with Gasteiger partial charge in [0.1, 0.15) is 0 Å². The van der Waals surface area contributed by atoms with Crippen LogP contribution in [0.3, 0.4) is 0 Å². The number of para-hydroxylation sites is 1. The molecule has 1 aromatic carbocycles. The van der Waals surface area contributed by atoms with Gasteiger partial charge in [0, 0.05) is 12.2 Å². The molecule has 0 aliphatic rings. The third kappa shape index (κ3) is 4.39. The lowest BCUT2D eigenvalue weighted by molar-refractivity contribution is 0.471. The number of nitrogens with zero attached hydrogens (tertiary/aromatic N) is 1. The van der Waals surface area contributed by atoms with E-state index >= 15 is 0 Å². The van der Waals surface area contributed by atoms with E-state index in [4.69, 9.17) is 0 Å². The van der Waals surface area contributed by atoms with Crippen LogP contribution >= 0.6 is 0 Å². The second-order valence-corrected chi connectivity index (χ2v) is 4.42. The van der Waals surface area contributed by atoms with Crippen molar-refractivity contribution in [3.05, 3.63) is 30.3 Å². The third-order valence-corrected chi connectivity index (χ3v) is 3.22. The summed E-state index contributed by atoms with van der Waals surface area (Å²) in [6.45, 7) is 5.52. The van der Waals surface area contributed by atoms with Crippen LogP contribution in [-0.2, 0) is 0 Å². The number of rotatable bonds is 8. The maximum absolute atomic E-state index is 3.44. The van der Waals surface area contributed by atoms with Gasteiger partial charge in [-0.15, -0.1) is 0 Å². The number of anilines is 1. The minimum absolute atomic E-state index is 0.453. The SMILES string of the molecule is CCCCCC(NC)N(CC)c1ccccc1. The van der Waals surface area contributed by atoms with Crippen molar-refractivity contribution in [2.24, 2.45) is 0 Å². The zero-order valence-electron chi connectivity index (χ0n) is 11.4. The van der Waals surface area contributed by atoms with Gasteiger partial charge in [0.15, 0.2) is 0 Å². The normalized spacial score (nSPS) is 12.4. The molecule has 1 rings (SSSR count). The number of hydrogen-bond acceptors (Lipinski definition) is 2. The molecule has 2 heteroatoms. The quantitative estimate of drug-likeness (QED) is 0.546. The Morgan fingerprint density at radius 1 is 1.12 bits per heavy atom. The predicted molar refractivity (Wildman–Crippen MR) is 76.5 cm³/mol. The van der Waals surface area contributed by atoms with Gasteiger partial charge in [0.25, 0.3) is 0 Å². The van der Waals surface area contributed by atoms with Crippen molar-refractivity contribution >= 4 is 5.69 Å². The van der Waals surface area contributed by atoms with Gasteiger partial charge < -0.3 is 10.2 Å². The van der Waals surface area contributed by atoms with E-state index in [1.54, 1.807) is 0 Å². The summed E-state index contributed by atoms with van der Waals surface area (Å²) in [5.74, 6) is 0. The van der Waals surface area contributed by atoms with Crippen LogP contribution in [0, 0.1) is 0 Å². The largest absolute Gasteiger partial charge is 0.356 e. The molecule has 0 spiro atoms. The first kappa shape index (κ1) is 14.0. The highest BCUT2D eigenvalue weighted by Crippen LogP contribution is 2.18. The minimum Gasteiger partial charge on any atom is -0.356 e. The summed E-state index contributed by atoms with van der Waals surface area (Å²) in [5.41, 5.74) is 1.31. The van der Waals surface area contributed by atoms with Gasteiger partial charge in [-0.2, -0.15) is 0 Å². The van der Waals surface area contributed by atoms with E-state index in [0.29, 0.717) is 6.17 Å². The van der Waals surface area contributed by atoms with Crippen LogP contribution in [0.1, 0.15) is 39.5 Å². The van der Waals surface area contributed by atoms with E-state index in [2.05, 4.69) is 61.4 Å². The van der Waals surface area contributed by atoms with Crippen molar-refractivity contribution < 1.29 is 0 Å². The number of benzene rings is 1. The topological polar surface area (TPSA) is 15.3 Å². The third-order valence-electron chi connectivity index (χ3n) is 3.22. The van der Waals surface area contributed by atoms with Crippen molar-refractivity contribution in [1.82, 2.24) is 5.32 Å². The number of hydrogen-bond donors (Lipinski definition) is 1. The molecule has 2 nitrogen and oxygen atoms in total. The summed E-state index contributed by atoms with van der Waals surface area (Å²) in [6, 6.07) is 10.7. The highest BCUT2D eigenvalue weighted by molar-refractivity contribution is 5.46. The van der Waals surface area contributed by atoms with Crippen LogP contribution < -0.4 is 10.2 Å². The molecule has 0 saturated heterocycles. The van der Waals surface area contributed by atoms with Crippen molar-refractivity contribution in [1.29, 1.82) is 0 Å². The van der Waals surface area contributed by atoms with Gasteiger partial charge >= 0.3 is 0 Å². The Labute approximate surface area is 106 Å². The van der Waals surface area contributed by atoms with Crippen LogP contribution in [0.15, 0.2) is 30.3 Å². The van der Waals surface area contributed by atoms with Crippen LogP contribution in [-0.4, -0.2) is 19.8 Å². The molecule has 0 aliphatic heterocycles.